The molecule has 0 radical (unpaired) electrons. The van der Waals surface area contributed by atoms with Crippen molar-refractivity contribution in [2.45, 2.75) is 6.42 Å². The van der Waals surface area contributed by atoms with Gasteiger partial charge in [-0.05, 0) is 0 Å². The average molecular weight is 137 g/mol. The molecule has 0 aliphatic carbocycles. The average Bonchev–Trinajstić information content (AvgIpc) is 1.88. The standard InChI is InChI=1S/C6H7N3O/c7-3-4-5(10)1-2-9-6(4)8/h10H,1-2H2,(H2,8,9). The summed E-state index contributed by atoms with van der Waals surface area (Å²) in [5, 5.41) is 17.4. The van der Waals surface area contributed by atoms with Crippen molar-refractivity contribution in [1.29, 1.82) is 5.26 Å². The van der Waals surface area contributed by atoms with Crippen molar-refractivity contribution in [3.63, 3.8) is 0 Å². The van der Waals surface area contributed by atoms with E-state index in [1.54, 1.807) is 6.07 Å². The van der Waals surface area contributed by atoms with Crippen LogP contribution in [0.4, 0.5) is 0 Å². The van der Waals surface area contributed by atoms with Crippen molar-refractivity contribution in [2.75, 3.05) is 6.54 Å². The van der Waals surface area contributed by atoms with Crippen LogP contribution in [0.5, 0.6) is 0 Å². The Morgan fingerprint density at radius 2 is 2.40 bits per heavy atom. The summed E-state index contributed by atoms with van der Waals surface area (Å²) in [6.07, 6.45) is 0.420. The number of rotatable bonds is 0. The van der Waals surface area contributed by atoms with Gasteiger partial charge in [-0.15, -0.1) is 0 Å². The number of amidine groups is 1. The van der Waals surface area contributed by atoms with E-state index in [-0.39, 0.29) is 17.2 Å². The van der Waals surface area contributed by atoms with Gasteiger partial charge in [0.2, 0.25) is 0 Å². The number of nitriles is 1. The number of nitrogens with two attached hydrogens (primary N) is 1. The van der Waals surface area contributed by atoms with E-state index in [9.17, 15) is 0 Å². The molecule has 3 N–H and O–H groups in total. The van der Waals surface area contributed by atoms with Crippen LogP contribution < -0.4 is 5.73 Å². The van der Waals surface area contributed by atoms with Gasteiger partial charge < -0.3 is 10.8 Å². The summed E-state index contributed by atoms with van der Waals surface area (Å²) < 4.78 is 0. The lowest BCUT2D eigenvalue weighted by molar-refractivity contribution is 0.386. The molecule has 0 aromatic carbocycles. The molecule has 1 aliphatic heterocycles. The topological polar surface area (TPSA) is 82.4 Å². The number of aliphatic imine (C=N–C) groups is 1. The fourth-order valence-electron chi connectivity index (χ4n) is 0.756. The highest BCUT2D eigenvalue weighted by Crippen LogP contribution is 2.10. The molecule has 52 valence electrons. The van der Waals surface area contributed by atoms with Crippen LogP contribution in [0.25, 0.3) is 0 Å². The van der Waals surface area contributed by atoms with E-state index in [0.29, 0.717) is 13.0 Å². The minimum atomic E-state index is 0.0509. The smallest absolute Gasteiger partial charge is 0.139 e. The van der Waals surface area contributed by atoms with Gasteiger partial charge in [0.25, 0.3) is 0 Å². The Hall–Kier alpha value is -1.50. The van der Waals surface area contributed by atoms with Crippen LogP contribution in [0.3, 0.4) is 0 Å². The number of aliphatic hydroxyl groups is 1. The van der Waals surface area contributed by atoms with E-state index in [1.165, 1.54) is 0 Å². The molecule has 0 saturated heterocycles. The number of hydrogen-bond acceptors (Lipinski definition) is 4. The normalized spacial score (nSPS) is 18.1. The molecule has 0 saturated carbocycles. The molecular weight excluding hydrogens is 130 g/mol. The second kappa shape index (κ2) is 2.40. The van der Waals surface area contributed by atoms with Gasteiger partial charge in [0.05, 0.1) is 0 Å². The molecule has 10 heavy (non-hydrogen) atoms. The van der Waals surface area contributed by atoms with Gasteiger partial charge in [0.15, 0.2) is 0 Å². The maximum Gasteiger partial charge on any atom is 0.139 e. The molecule has 0 aromatic heterocycles. The summed E-state index contributed by atoms with van der Waals surface area (Å²) in [5.74, 6) is 0.196. The third-order valence-corrected chi connectivity index (χ3v) is 1.29. The van der Waals surface area contributed by atoms with Crippen molar-refractivity contribution < 1.29 is 5.11 Å². The van der Waals surface area contributed by atoms with Crippen molar-refractivity contribution in [2.24, 2.45) is 10.7 Å². The summed E-state index contributed by atoms with van der Waals surface area (Å²) in [4.78, 5) is 3.79. The minimum absolute atomic E-state index is 0.0509. The molecule has 4 nitrogen and oxygen atoms in total. The fraction of sp³-hybridized carbons (Fsp3) is 0.333. The largest absolute Gasteiger partial charge is 0.511 e. The Morgan fingerprint density at radius 3 is 2.80 bits per heavy atom. The van der Waals surface area contributed by atoms with Gasteiger partial charge >= 0.3 is 0 Å². The lowest BCUT2D eigenvalue weighted by Crippen LogP contribution is -2.20. The van der Waals surface area contributed by atoms with Crippen LogP contribution in [-0.4, -0.2) is 17.5 Å². The first-order valence-electron chi connectivity index (χ1n) is 2.88. The fourth-order valence-corrected chi connectivity index (χ4v) is 0.756. The van der Waals surface area contributed by atoms with E-state index in [4.69, 9.17) is 16.1 Å². The van der Waals surface area contributed by atoms with Gasteiger partial charge in [-0.3, -0.25) is 4.99 Å². The first-order valence-corrected chi connectivity index (χ1v) is 2.88. The van der Waals surface area contributed by atoms with Crippen LogP contribution in [-0.2, 0) is 0 Å². The van der Waals surface area contributed by atoms with Crippen LogP contribution in [0.15, 0.2) is 16.3 Å². The monoisotopic (exact) mass is 137 g/mol. The third kappa shape index (κ3) is 0.935. The summed E-state index contributed by atoms with van der Waals surface area (Å²) in [7, 11) is 0. The predicted octanol–water partition coefficient (Wildman–Crippen LogP) is 0.0830. The quantitative estimate of drug-likeness (QED) is 0.496. The van der Waals surface area contributed by atoms with E-state index >= 15 is 0 Å². The first-order chi connectivity index (χ1) is 4.75. The SMILES string of the molecule is N#CC1=C(O)CCN=C1N. The third-order valence-electron chi connectivity index (χ3n) is 1.29. The second-order valence-electron chi connectivity index (χ2n) is 1.95. The Balaban J connectivity index is 3.01. The van der Waals surface area contributed by atoms with Crippen molar-refractivity contribution in [3.05, 3.63) is 11.3 Å². The maximum atomic E-state index is 9.04. The molecule has 0 aromatic rings. The number of hydrogen-bond donors (Lipinski definition) is 2. The zero-order valence-electron chi connectivity index (χ0n) is 5.33. The molecular formula is C6H7N3O. The van der Waals surface area contributed by atoms with E-state index in [1.807, 2.05) is 0 Å². The van der Waals surface area contributed by atoms with Crippen LogP contribution in [0.2, 0.25) is 0 Å². The summed E-state index contributed by atoms with van der Waals surface area (Å²) in [6.45, 7) is 0.475. The molecule has 0 spiro atoms. The zero-order valence-corrected chi connectivity index (χ0v) is 5.33. The molecule has 0 bridgehead atoms. The first kappa shape index (κ1) is 6.62. The van der Waals surface area contributed by atoms with Crippen molar-refractivity contribution >= 4 is 5.84 Å². The van der Waals surface area contributed by atoms with Crippen LogP contribution >= 0.6 is 0 Å². The van der Waals surface area contributed by atoms with Gasteiger partial charge in [0, 0.05) is 13.0 Å². The van der Waals surface area contributed by atoms with Gasteiger partial charge in [0.1, 0.15) is 23.2 Å². The lowest BCUT2D eigenvalue weighted by Gasteiger charge is -2.07. The molecule has 1 heterocycles. The highest BCUT2D eigenvalue weighted by molar-refractivity contribution is 6.01. The maximum absolute atomic E-state index is 9.04. The molecule has 0 fully saturated rings. The lowest BCUT2D eigenvalue weighted by atomic mass is 10.1. The Kier molecular flexibility index (Phi) is 1.59. The molecule has 0 amide bonds. The number of dihydropyridines is 1. The predicted molar refractivity (Wildman–Crippen MR) is 36.4 cm³/mol. The molecule has 0 unspecified atom stereocenters. The molecule has 1 rings (SSSR count). The molecule has 0 atom stereocenters. The van der Waals surface area contributed by atoms with E-state index in [2.05, 4.69) is 4.99 Å². The summed E-state index contributed by atoms with van der Waals surface area (Å²) in [5.41, 5.74) is 5.41. The highest BCUT2D eigenvalue weighted by Gasteiger charge is 2.12. The van der Waals surface area contributed by atoms with Crippen molar-refractivity contribution in [3.8, 4) is 6.07 Å². The summed E-state index contributed by atoms with van der Waals surface area (Å²) in [6, 6.07) is 1.78. The molecule has 1 aliphatic rings. The second-order valence-corrected chi connectivity index (χ2v) is 1.95. The Bertz CT molecular complexity index is 246. The van der Waals surface area contributed by atoms with Gasteiger partial charge in [-0.25, -0.2) is 0 Å². The molecule has 4 heteroatoms. The van der Waals surface area contributed by atoms with Crippen LogP contribution in [0.1, 0.15) is 6.42 Å². The zero-order chi connectivity index (χ0) is 7.56. The number of aliphatic hydroxyl groups excluding tert-OH is 1. The summed E-state index contributed by atoms with van der Waals surface area (Å²) >= 11 is 0. The van der Waals surface area contributed by atoms with Crippen LogP contribution in [0, 0.1) is 11.3 Å². The van der Waals surface area contributed by atoms with Gasteiger partial charge in [-0.1, -0.05) is 0 Å². The van der Waals surface area contributed by atoms with E-state index in [0.717, 1.165) is 0 Å². The number of nitrogens with zero attached hydrogens (tertiary/aromatic N) is 2. The Labute approximate surface area is 58.3 Å². The van der Waals surface area contributed by atoms with Crippen molar-refractivity contribution in [1.82, 2.24) is 0 Å². The van der Waals surface area contributed by atoms with Gasteiger partial charge in [-0.2, -0.15) is 5.26 Å². The Morgan fingerprint density at radius 1 is 1.70 bits per heavy atom. The highest BCUT2D eigenvalue weighted by atomic mass is 16.3. The minimum Gasteiger partial charge on any atom is -0.511 e. The van der Waals surface area contributed by atoms with E-state index < -0.39 is 0 Å².